The van der Waals surface area contributed by atoms with Crippen molar-refractivity contribution >= 4 is 17.4 Å². The zero-order valence-electron chi connectivity index (χ0n) is 11.8. The number of hydrogen-bond donors (Lipinski definition) is 0. The first-order valence-electron chi connectivity index (χ1n) is 6.49. The van der Waals surface area contributed by atoms with Crippen LogP contribution in [0, 0.1) is 17.0 Å². The zero-order valence-corrected chi connectivity index (χ0v) is 11.8. The monoisotopic (exact) mass is 299 g/mol. The highest BCUT2D eigenvalue weighted by atomic mass is 16.6. The molecule has 112 valence electrons. The standard InChI is InChI=1S/C16H13NO5/c1-11-7-8-13(9-14(11)17(20)21)15(18)10-22-16(19)12-5-3-2-4-6-12/h2-9H,10H2,1H3. The largest absolute Gasteiger partial charge is 0.454 e. The molecule has 22 heavy (non-hydrogen) atoms. The third kappa shape index (κ3) is 3.54. The summed E-state index contributed by atoms with van der Waals surface area (Å²) in [6.45, 7) is 1.12. The fraction of sp³-hybridized carbons (Fsp3) is 0.125. The summed E-state index contributed by atoms with van der Waals surface area (Å²) >= 11 is 0. The Hall–Kier alpha value is -3.02. The highest BCUT2D eigenvalue weighted by Gasteiger charge is 2.16. The van der Waals surface area contributed by atoms with Gasteiger partial charge in [0, 0.05) is 17.2 Å². The summed E-state index contributed by atoms with van der Waals surface area (Å²) in [5.41, 5.74) is 0.798. The van der Waals surface area contributed by atoms with Crippen LogP contribution in [0.3, 0.4) is 0 Å². The summed E-state index contributed by atoms with van der Waals surface area (Å²) < 4.78 is 4.92. The van der Waals surface area contributed by atoms with Gasteiger partial charge in [-0.25, -0.2) is 4.79 Å². The van der Waals surface area contributed by atoms with E-state index in [1.54, 1.807) is 37.3 Å². The van der Waals surface area contributed by atoms with Crippen LogP contribution >= 0.6 is 0 Å². The van der Waals surface area contributed by atoms with Crippen LogP contribution in [0.25, 0.3) is 0 Å². The first-order chi connectivity index (χ1) is 10.5. The van der Waals surface area contributed by atoms with Crippen molar-refractivity contribution in [1.82, 2.24) is 0 Å². The molecule has 0 atom stereocenters. The Morgan fingerprint density at radius 1 is 1.09 bits per heavy atom. The van der Waals surface area contributed by atoms with Gasteiger partial charge in [-0.15, -0.1) is 0 Å². The van der Waals surface area contributed by atoms with Gasteiger partial charge in [0.05, 0.1) is 10.5 Å². The lowest BCUT2D eigenvalue weighted by Crippen LogP contribution is -2.14. The van der Waals surface area contributed by atoms with E-state index in [9.17, 15) is 19.7 Å². The van der Waals surface area contributed by atoms with E-state index >= 15 is 0 Å². The second-order valence-corrected chi connectivity index (χ2v) is 4.62. The van der Waals surface area contributed by atoms with Crippen LogP contribution in [0.4, 0.5) is 5.69 Å². The molecule has 0 bridgehead atoms. The van der Waals surface area contributed by atoms with E-state index in [1.807, 2.05) is 0 Å². The van der Waals surface area contributed by atoms with E-state index in [1.165, 1.54) is 18.2 Å². The zero-order chi connectivity index (χ0) is 16.1. The number of hydrogen-bond acceptors (Lipinski definition) is 5. The Morgan fingerprint density at radius 3 is 2.41 bits per heavy atom. The van der Waals surface area contributed by atoms with E-state index in [4.69, 9.17) is 4.74 Å². The summed E-state index contributed by atoms with van der Waals surface area (Å²) in [6, 6.07) is 12.4. The van der Waals surface area contributed by atoms with E-state index in [2.05, 4.69) is 0 Å². The molecule has 0 N–H and O–H groups in total. The van der Waals surface area contributed by atoms with Gasteiger partial charge in [-0.05, 0) is 19.1 Å². The molecule has 0 aliphatic heterocycles. The third-order valence-corrected chi connectivity index (χ3v) is 3.07. The number of esters is 1. The van der Waals surface area contributed by atoms with E-state index in [-0.39, 0.29) is 11.3 Å². The van der Waals surface area contributed by atoms with Crippen molar-refractivity contribution in [2.75, 3.05) is 6.61 Å². The summed E-state index contributed by atoms with van der Waals surface area (Å²) in [5.74, 6) is -1.11. The van der Waals surface area contributed by atoms with Crippen molar-refractivity contribution in [1.29, 1.82) is 0 Å². The second kappa shape index (κ2) is 6.62. The summed E-state index contributed by atoms with van der Waals surface area (Å²) in [4.78, 5) is 34.0. The molecule has 0 aliphatic carbocycles. The molecule has 0 aliphatic rings. The summed E-state index contributed by atoms with van der Waals surface area (Å²) in [6.07, 6.45) is 0. The Bertz CT molecular complexity index is 725. The number of ether oxygens (including phenoxy) is 1. The van der Waals surface area contributed by atoms with E-state index in [0.717, 1.165) is 0 Å². The van der Waals surface area contributed by atoms with Gasteiger partial charge in [-0.2, -0.15) is 0 Å². The molecule has 0 saturated heterocycles. The number of carbonyl (C=O) groups excluding carboxylic acids is 2. The number of aryl methyl sites for hydroxylation is 1. The van der Waals surface area contributed by atoms with Crippen molar-refractivity contribution in [2.24, 2.45) is 0 Å². The third-order valence-electron chi connectivity index (χ3n) is 3.07. The molecule has 0 fully saturated rings. The van der Waals surface area contributed by atoms with Gasteiger partial charge in [0.15, 0.2) is 6.61 Å². The van der Waals surface area contributed by atoms with Crippen molar-refractivity contribution in [3.63, 3.8) is 0 Å². The van der Waals surface area contributed by atoms with Crippen LogP contribution in [-0.2, 0) is 4.74 Å². The molecule has 0 amide bonds. The normalized spacial score (nSPS) is 10.0. The molecule has 2 aromatic carbocycles. The van der Waals surface area contributed by atoms with Crippen molar-refractivity contribution in [2.45, 2.75) is 6.92 Å². The Morgan fingerprint density at radius 2 is 1.77 bits per heavy atom. The molecule has 0 heterocycles. The number of nitrogens with zero attached hydrogens (tertiary/aromatic N) is 1. The van der Waals surface area contributed by atoms with Gasteiger partial charge in [0.25, 0.3) is 5.69 Å². The van der Waals surface area contributed by atoms with Crippen molar-refractivity contribution < 1.29 is 19.2 Å². The van der Waals surface area contributed by atoms with E-state index < -0.39 is 23.3 Å². The maximum atomic E-state index is 12.0. The topological polar surface area (TPSA) is 86.5 Å². The molecule has 6 heteroatoms. The first-order valence-corrected chi connectivity index (χ1v) is 6.49. The van der Waals surface area contributed by atoms with Gasteiger partial charge in [-0.3, -0.25) is 14.9 Å². The molecule has 0 unspecified atom stereocenters. The van der Waals surface area contributed by atoms with Gasteiger partial charge >= 0.3 is 5.97 Å². The highest BCUT2D eigenvalue weighted by molar-refractivity contribution is 5.99. The van der Waals surface area contributed by atoms with Crippen LogP contribution in [0.1, 0.15) is 26.3 Å². The minimum Gasteiger partial charge on any atom is -0.454 e. The fourth-order valence-corrected chi connectivity index (χ4v) is 1.85. The minimum atomic E-state index is -0.615. The maximum Gasteiger partial charge on any atom is 0.338 e. The molecule has 6 nitrogen and oxygen atoms in total. The molecule has 0 aromatic heterocycles. The number of nitro groups is 1. The molecular weight excluding hydrogens is 286 g/mol. The Labute approximate surface area is 126 Å². The number of benzene rings is 2. The predicted octanol–water partition coefficient (Wildman–Crippen LogP) is 2.94. The van der Waals surface area contributed by atoms with Gasteiger partial charge in [0.1, 0.15) is 0 Å². The first kappa shape index (κ1) is 15.4. The molecule has 2 aromatic rings. The van der Waals surface area contributed by atoms with Crippen LogP contribution in [-0.4, -0.2) is 23.3 Å². The second-order valence-electron chi connectivity index (χ2n) is 4.62. The Balaban J connectivity index is 2.05. The van der Waals surface area contributed by atoms with Gasteiger partial charge in [0.2, 0.25) is 5.78 Å². The number of rotatable bonds is 5. The van der Waals surface area contributed by atoms with Crippen molar-refractivity contribution in [3.8, 4) is 0 Å². The predicted molar refractivity (Wildman–Crippen MR) is 78.9 cm³/mol. The average Bonchev–Trinajstić information content (AvgIpc) is 2.53. The SMILES string of the molecule is Cc1ccc(C(=O)COC(=O)c2ccccc2)cc1[N+](=O)[O-]. The number of nitro benzene ring substituents is 1. The lowest BCUT2D eigenvalue weighted by atomic mass is 10.1. The molecule has 0 saturated carbocycles. The van der Waals surface area contributed by atoms with Crippen LogP contribution in [0.2, 0.25) is 0 Å². The molecular formula is C16H13NO5. The van der Waals surface area contributed by atoms with Crippen molar-refractivity contribution in [3.05, 3.63) is 75.3 Å². The summed E-state index contributed by atoms with van der Waals surface area (Å²) in [5, 5.41) is 10.9. The van der Waals surface area contributed by atoms with Gasteiger partial charge < -0.3 is 4.74 Å². The molecule has 0 radical (unpaired) electrons. The quantitative estimate of drug-likeness (QED) is 0.366. The van der Waals surface area contributed by atoms with E-state index in [0.29, 0.717) is 11.1 Å². The minimum absolute atomic E-state index is 0.137. The molecule has 2 rings (SSSR count). The highest BCUT2D eigenvalue weighted by Crippen LogP contribution is 2.19. The number of ketones is 1. The maximum absolute atomic E-state index is 12.0. The van der Waals surface area contributed by atoms with Crippen LogP contribution in [0.15, 0.2) is 48.5 Å². The smallest absolute Gasteiger partial charge is 0.338 e. The summed E-state index contributed by atoms with van der Waals surface area (Å²) in [7, 11) is 0. The Kier molecular flexibility index (Phi) is 4.63. The van der Waals surface area contributed by atoms with Crippen LogP contribution < -0.4 is 0 Å². The lowest BCUT2D eigenvalue weighted by Gasteiger charge is -2.05. The number of carbonyl (C=O) groups is 2. The average molecular weight is 299 g/mol. The molecule has 0 spiro atoms. The van der Waals surface area contributed by atoms with Gasteiger partial charge in [-0.1, -0.05) is 30.3 Å². The van der Waals surface area contributed by atoms with Crippen LogP contribution in [0.5, 0.6) is 0 Å². The fourth-order valence-electron chi connectivity index (χ4n) is 1.85. The number of Topliss-reactive ketones (excluding diaryl/α,β-unsaturated/α-hetero) is 1. The lowest BCUT2D eigenvalue weighted by molar-refractivity contribution is -0.385.